The number of halogens is 1. The molecule has 0 aromatic heterocycles. The molecular formula is C14H10FNO7S. The van der Waals surface area contributed by atoms with Crippen LogP contribution in [0.3, 0.4) is 0 Å². The topological polar surface area (TPSA) is 113 Å². The van der Waals surface area contributed by atoms with E-state index in [0.717, 1.165) is 49.6 Å². The Morgan fingerprint density at radius 3 is 2.33 bits per heavy atom. The van der Waals surface area contributed by atoms with Crippen molar-refractivity contribution >= 4 is 21.8 Å². The Morgan fingerprint density at radius 1 is 1.17 bits per heavy atom. The van der Waals surface area contributed by atoms with Gasteiger partial charge in [-0.05, 0) is 30.3 Å². The normalized spacial score (nSPS) is 10.9. The van der Waals surface area contributed by atoms with Gasteiger partial charge in [-0.3, -0.25) is 10.1 Å². The quantitative estimate of drug-likeness (QED) is 0.350. The van der Waals surface area contributed by atoms with E-state index in [1.54, 1.807) is 0 Å². The lowest BCUT2D eigenvalue weighted by molar-refractivity contribution is -0.385. The predicted molar refractivity (Wildman–Crippen MR) is 78.6 cm³/mol. The van der Waals surface area contributed by atoms with Gasteiger partial charge in [0.1, 0.15) is 10.7 Å². The lowest BCUT2D eigenvalue weighted by Crippen LogP contribution is -2.12. The highest BCUT2D eigenvalue weighted by molar-refractivity contribution is 7.87. The third-order valence-corrected chi connectivity index (χ3v) is 4.13. The highest BCUT2D eigenvalue weighted by Crippen LogP contribution is 2.31. The highest BCUT2D eigenvalue weighted by Gasteiger charge is 2.25. The van der Waals surface area contributed by atoms with E-state index in [0.29, 0.717) is 0 Å². The maximum atomic E-state index is 12.9. The fourth-order valence-electron chi connectivity index (χ4n) is 1.74. The van der Waals surface area contributed by atoms with E-state index in [1.165, 1.54) is 0 Å². The van der Waals surface area contributed by atoms with Crippen molar-refractivity contribution in [2.45, 2.75) is 4.90 Å². The smallest absolute Gasteiger partial charge is 0.339 e. The van der Waals surface area contributed by atoms with Crippen LogP contribution in [-0.2, 0) is 14.9 Å². The van der Waals surface area contributed by atoms with Crippen molar-refractivity contribution < 1.29 is 31.4 Å². The molecule has 0 saturated heterocycles. The Labute approximate surface area is 135 Å². The summed E-state index contributed by atoms with van der Waals surface area (Å²) < 4.78 is 46.4. The lowest BCUT2D eigenvalue weighted by Gasteiger charge is -2.08. The number of nitrogens with zero attached hydrogens (tertiary/aromatic N) is 1. The number of hydrogen-bond donors (Lipinski definition) is 0. The molecule has 10 heteroatoms. The zero-order valence-electron chi connectivity index (χ0n) is 12.1. The van der Waals surface area contributed by atoms with Crippen LogP contribution >= 0.6 is 0 Å². The van der Waals surface area contributed by atoms with Gasteiger partial charge in [0, 0.05) is 12.1 Å². The number of methoxy groups -OCH3 is 1. The third-order valence-electron chi connectivity index (χ3n) is 2.88. The fraction of sp³-hybridized carbons (Fsp3) is 0.0714. The molecular weight excluding hydrogens is 345 g/mol. The molecule has 24 heavy (non-hydrogen) atoms. The van der Waals surface area contributed by atoms with Crippen molar-refractivity contribution in [1.82, 2.24) is 0 Å². The van der Waals surface area contributed by atoms with Gasteiger partial charge in [0.2, 0.25) is 5.75 Å². The Bertz CT molecular complexity index is 894. The van der Waals surface area contributed by atoms with Gasteiger partial charge >= 0.3 is 21.8 Å². The van der Waals surface area contributed by atoms with Crippen LogP contribution in [-0.4, -0.2) is 26.4 Å². The molecule has 0 amide bonds. The number of carbonyl (C=O) groups excluding carboxylic acids is 1. The molecule has 0 aliphatic rings. The second-order valence-corrected chi connectivity index (χ2v) is 5.97. The zero-order chi connectivity index (χ0) is 17.9. The molecule has 0 aliphatic carbocycles. The monoisotopic (exact) mass is 355 g/mol. The molecule has 8 nitrogen and oxygen atoms in total. The van der Waals surface area contributed by atoms with Crippen LogP contribution in [0.25, 0.3) is 0 Å². The molecule has 0 fully saturated rings. The van der Waals surface area contributed by atoms with Crippen molar-refractivity contribution in [2.75, 3.05) is 7.11 Å². The number of benzene rings is 2. The fourth-order valence-corrected chi connectivity index (χ4v) is 2.68. The highest BCUT2D eigenvalue weighted by atomic mass is 32.2. The maximum Gasteiger partial charge on any atom is 0.339 e. The second kappa shape index (κ2) is 6.62. The van der Waals surface area contributed by atoms with E-state index in [4.69, 9.17) is 4.18 Å². The van der Waals surface area contributed by atoms with Gasteiger partial charge in [-0.2, -0.15) is 8.42 Å². The van der Waals surface area contributed by atoms with Crippen LogP contribution in [0.15, 0.2) is 47.4 Å². The molecule has 2 rings (SSSR count). The summed E-state index contributed by atoms with van der Waals surface area (Å²) in [7, 11) is -3.36. The largest absolute Gasteiger partial charge is 0.465 e. The van der Waals surface area contributed by atoms with Crippen LogP contribution < -0.4 is 4.18 Å². The Hall–Kier alpha value is -3.01. The van der Waals surface area contributed by atoms with Crippen molar-refractivity contribution in [3.63, 3.8) is 0 Å². The average molecular weight is 355 g/mol. The first kappa shape index (κ1) is 17.3. The lowest BCUT2D eigenvalue weighted by atomic mass is 10.2. The second-order valence-electron chi connectivity index (χ2n) is 4.42. The number of rotatable bonds is 5. The zero-order valence-corrected chi connectivity index (χ0v) is 12.9. The molecule has 0 N–H and O–H groups in total. The first-order valence-corrected chi connectivity index (χ1v) is 7.72. The molecule has 0 heterocycles. The molecule has 0 spiro atoms. The molecule has 0 saturated carbocycles. The first-order valence-electron chi connectivity index (χ1n) is 6.31. The van der Waals surface area contributed by atoms with Gasteiger partial charge in [-0.25, -0.2) is 9.18 Å². The molecule has 0 bridgehead atoms. The van der Waals surface area contributed by atoms with E-state index in [9.17, 15) is 27.7 Å². The summed E-state index contributed by atoms with van der Waals surface area (Å²) >= 11 is 0. The number of hydrogen-bond acceptors (Lipinski definition) is 7. The average Bonchev–Trinajstić information content (AvgIpc) is 2.53. The number of esters is 1. The minimum atomic E-state index is -4.46. The van der Waals surface area contributed by atoms with E-state index in [2.05, 4.69) is 4.74 Å². The van der Waals surface area contributed by atoms with Crippen LogP contribution in [0, 0.1) is 15.9 Å². The summed E-state index contributed by atoms with van der Waals surface area (Å²) in [5, 5.41) is 11.0. The van der Waals surface area contributed by atoms with Gasteiger partial charge in [0.15, 0.2) is 0 Å². The van der Waals surface area contributed by atoms with Gasteiger partial charge in [0.25, 0.3) is 0 Å². The minimum Gasteiger partial charge on any atom is -0.465 e. The third kappa shape index (κ3) is 3.66. The molecule has 0 atom stereocenters. The van der Waals surface area contributed by atoms with E-state index < -0.39 is 43.2 Å². The molecule has 0 unspecified atom stereocenters. The summed E-state index contributed by atoms with van der Waals surface area (Å²) in [6.45, 7) is 0. The van der Waals surface area contributed by atoms with Crippen LogP contribution in [0.1, 0.15) is 10.4 Å². The van der Waals surface area contributed by atoms with Gasteiger partial charge < -0.3 is 8.92 Å². The van der Waals surface area contributed by atoms with E-state index in [-0.39, 0.29) is 5.56 Å². The summed E-state index contributed by atoms with van der Waals surface area (Å²) in [5.41, 5.74) is -0.791. The van der Waals surface area contributed by atoms with Crippen LogP contribution in [0.2, 0.25) is 0 Å². The Kier molecular flexibility index (Phi) is 4.79. The minimum absolute atomic E-state index is 0.132. The van der Waals surface area contributed by atoms with E-state index >= 15 is 0 Å². The molecule has 2 aromatic rings. The van der Waals surface area contributed by atoms with Gasteiger partial charge in [-0.15, -0.1) is 0 Å². The SMILES string of the molecule is COC(=O)c1ccc([N+](=O)[O-])c(OS(=O)(=O)c2ccc(F)cc2)c1. The standard InChI is InChI=1S/C14H10FNO7S/c1-22-14(17)9-2-7-12(16(18)19)13(8-9)23-24(20,21)11-5-3-10(15)4-6-11/h2-8H,1H3. The van der Waals surface area contributed by atoms with E-state index in [1.807, 2.05) is 0 Å². The number of carbonyl (C=O) groups is 1. The number of ether oxygens (including phenoxy) is 1. The Balaban J connectivity index is 2.48. The molecule has 2 aromatic carbocycles. The molecule has 0 aliphatic heterocycles. The van der Waals surface area contributed by atoms with Gasteiger partial charge in [-0.1, -0.05) is 0 Å². The first-order chi connectivity index (χ1) is 11.2. The van der Waals surface area contributed by atoms with Gasteiger partial charge in [0.05, 0.1) is 17.6 Å². The summed E-state index contributed by atoms with van der Waals surface area (Å²) in [6.07, 6.45) is 0. The van der Waals surface area contributed by atoms with Crippen molar-refractivity contribution in [3.8, 4) is 5.75 Å². The van der Waals surface area contributed by atoms with Crippen molar-refractivity contribution in [3.05, 3.63) is 64.0 Å². The number of nitro groups is 1. The van der Waals surface area contributed by atoms with Crippen molar-refractivity contribution in [1.29, 1.82) is 0 Å². The number of nitro benzene ring substituents is 1. The predicted octanol–water partition coefficient (Wildman–Crippen LogP) is 2.29. The van der Waals surface area contributed by atoms with Crippen LogP contribution in [0.4, 0.5) is 10.1 Å². The molecule has 0 radical (unpaired) electrons. The Morgan fingerprint density at radius 2 is 1.79 bits per heavy atom. The molecule has 126 valence electrons. The summed E-state index contributed by atoms with van der Waals surface area (Å²) in [6, 6.07) is 6.58. The maximum absolute atomic E-state index is 12.9. The van der Waals surface area contributed by atoms with Crippen LogP contribution in [0.5, 0.6) is 5.75 Å². The van der Waals surface area contributed by atoms with Crippen molar-refractivity contribution in [2.24, 2.45) is 0 Å². The summed E-state index contributed by atoms with van der Waals surface area (Å²) in [4.78, 5) is 21.2. The summed E-state index contributed by atoms with van der Waals surface area (Å²) in [5.74, 6) is -2.14.